The van der Waals surface area contributed by atoms with Crippen LogP contribution >= 0.6 is 15.9 Å². The standard InChI is InChI=1S/C14H17BrN4O/c1-8(2)12-11(15)13(19-18-12)14(20)17-9(3)10-4-6-16-7-5-10/h4-9H,1-3H3,(H,17,20)(H,18,19). The van der Waals surface area contributed by atoms with Gasteiger partial charge in [-0.05, 0) is 46.5 Å². The Balaban J connectivity index is 2.13. The number of amides is 1. The van der Waals surface area contributed by atoms with E-state index in [1.54, 1.807) is 12.4 Å². The molecule has 2 rings (SSSR count). The average molecular weight is 337 g/mol. The van der Waals surface area contributed by atoms with Gasteiger partial charge in [-0.1, -0.05) is 13.8 Å². The molecule has 0 spiro atoms. The highest BCUT2D eigenvalue weighted by Gasteiger charge is 2.20. The summed E-state index contributed by atoms with van der Waals surface area (Å²) in [6.45, 7) is 6.01. The van der Waals surface area contributed by atoms with Gasteiger partial charge in [-0.25, -0.2) is 0 Å². The van der Waals surface area contributed by atoms with Gasteiger partial charge in [0.2, 0.25) is 0 Å². The Hall–Kier alpha value is -1.69. The molecule has 0 aliphatic rings. The van der Waals surface area contributed by atoms with Crippen molar-refractivity contribution < 1.29 is 4.79 Å². The summed E-state index contributed by atoms with van der Waals surface area (Å²) >= 11 is 3.43. The molecule has 0 saturated heterocycles. The SMILES string of the molecule is CC(C)c1[nH]nc(C(=O)NC(C)c2ccncc2)c1Br. The second-order valence-electron chi connectivity index (χ2n) is 4.93. The molecule has 106 valence electrons. The first kappa shape index (κ1) is 14.7. The molecule has 2 N–H and O–H groups in total. The van der Waals surface area contributed by atoms with Crippen LogP contribution in [0.1, 0.15) is 54.5 Å². The zero-order valence-electron chi connectivity index (χ0n) is 11.6. The van der Waals surface area contributed by atoms with Gasteiger partial charge in [-0.15, -0.1) is 0 Å². The number of halogens is 1. The van der Waals surface area contributed by atoms with E-state index in [1.807, 2.05) is 32.9 Å². The molecule has 0 aliphatic heterocycles. The fraction of sp³-hybridized carbons (Fsp3) is 0.357. The van der Waals surface area contributed by atoms with Crippen LogP contribution < -0.4 is 5.32 Å². The minimum absolute atomic E-state index is 0.100. The third-order valence-electron chi connectivity index (χ3n) is 3.08. The predicted octanol–water partition coefficient (Wildman–Crippen LogP) is 3.18. The largest absolute Gasteiger partial charge is 0.344 e. The van der Waals surface area contributed by atoms with E-state index in [9.17, 15) is 4.79 Å². The molecule has 1 amide bonds. The van der Waals surface area contributed by atoms with Crippen molar-refractivity contribution in [3.05, 3.63) is 46.0 Å². The van der Waals surface area contributed by atoms with Gasteiger partial charge in [0.1, 0.15) is 0 Å². The van der Waals surface area contributed by atoms with E-state index < -0.39 is 0 Å². The Bertz CT molecular complexity index is 594. The van der Waals surface area contributed by atoms with E-state index in [1.165, 1.54) is 0 Å². The first-order chi connectivity index (χ1) is 9.50. The Morgan fingerprint density at radius 1 is 1.30 bits per heavy atom. The van der Waals surface area contributed by atoms with Crippen molar-refractivity contribution in [1.82, 2.24) is 20.5 Å². The number of pyridine rings is 1. The number of aromatic nitrogens is 3. The van der Waals surface area contributed by atoms with Gasteiger partial charge < -0.3 is 5.32 Å². The van der Waals surface area contributed by atoms with Crippen LogP contribution in [0.25, 0.3) is 0 Å². The second-order valence-corrected chi connectivity index (χ2v) is 5.72. The van der Waals surface area contributed by atoms with E-state index >= 15 is 0 Å². The van der Waals surface area contributed by atoms with Gasteiger partial charge in [-0.2, -0.15) is 5.10 Å². The molecule has 1 unspecified atom stereocenters. The van der Waals surface area contributed by atoms with Crippen molar-refractivity contribution in [1.29, 1.82) is 0 Å². The summed E-state index contributed by atoms with van der Waals surface area (Å²) in [5.41, 5.74) is 2.31. The highest BCUT2D eigenvalue weighted by molar-refractivity contribution is 9.10. The van der Waals surface area contributed by atoms with E-state index in [0.29, 0.717) is 5.69 Å². The van der Waals surface area contributed by atoms with Crippen molar-refractivity contribution in [2.45, 2.75) is 32.7 Å². The Morgan fingerprint density at radius 2 is 1.95 bits per heavy atom. The zero-order chi connectivity index (χ0) is 14.7. The van der Waals surface area contributed by atoms with Crippen molar-refractivity contribution >= 4 is 21.8 Å². The smallest absolute Gasteiger partial charge is 0.273 e. The number of nitrogens with zero attached hydrogens (tertiary/aromatic N) is 2. The first-order valence-corrected chi connectivity index (χ1v) is 7.24. The fourth-order valence-corrected chi connectivity index (χ4v) is 2.69. The highest BCUT2D eigenvalue weighted by atomic mass is 79.9. The average Bonchev–Trinajstić information content (AvgIpc) is 2.81. The van der Waals surface area contributed by atoms with Crippen LogP contribution in [-0.2, 0) is 0 Å². The van der Waals surface area contributed by atoms with Crippen LogP contribution in [-0.4, -0.2) is 21.1 Å². The van der Waals surface area contributed by atoms with Gasteiger partial charge in [0.05, 0.1) is 16.2 Å². The van der Waals surface area contributed by atoms with Crippen LogP contribution in [0.5, 0.6) is 0 Å². The Labute approximate surface area is 126 Å². The third-order valence-corrected chi connectivity index (χ3v) is 3.88. The molecule has 2 aromatic rings. The predicted molar refractivity (Wildman–Crippen MR) is 80.5 cm³/mol. The fourth-order valence-electron chi connectivity index (χ4n) is 1.88. The lowest BCUT2D eigenvalue weighted by Gasteiger charge is -2.13. The molecule has 1 atom stereocenters. The number of carbonyl (C=O) groups is 1. The monoisotopic (exact) mass is 336 g/mol. The van der Waals surface area contributed by atoms with Crippen LogP contribution in [0, 0.1) is 0 Å². The second kappa shape index (κ2) is 6.17. The zero-order valence-corrected chi connectivity index (χ0v) is 13.2. The lowest BCUT2D eigenvalue weighted by molar-refractivity contribution is 0.0934. The molecule has 0 aliphatic carbocycles. The maximum Gasteiger partial charge on any atom is 0.273 e. The molecule has 20 heavy (non-hydrogen) atoms. The van der Waals surface area contributed by atoms with E-state index in [0.717, 1.165) is 15.7 Å². The summed E-state index contributed by atoms with van der Waals surface area (Å²) in [4.78, 5) is 16.2. The van der Waals surface area contributed by atoms with Crippen LogP contribution in [0.3, 0.4) is 0 Å². The minimum Gasteiger partial charge on any atom is -0.344 e. The number of hydrogen-bond donors (Lipinski definition) is 2. The summed E-state index contributed by atoms with van der Waals surface area (Å²) in [5.74, 6) is 0.0698. The lowest BCUT2D eigenvalue weighted by Crippen LogP contribution is -2.27. The van der Waals surface area contributed by atoms with Gasteiger partial charge >= 0.3 is 0 Å². The molecular formula is C14H17BrN4O. The summed E-state index contributed by atoms with van der Waals surface area (Å²) in [5, 5.41) is 9.91. The van der Waals surface area contributed by atoms with Gasteiger partial charge in [-0.3, -0.25) is 14.9 Å². The molecule has 0 aromatic carbocycles. The third kappa shape index (κ3) is 3.07. The van der Waals surface area contributed by atoms with Crippen LogP contribution in [0.2, 0.25) is 0 Å². The van der Waals surface area contributed by atoms with Gasteiger partial charge in [0.25, 0.3) is 5.91 Å². The summed E-state index contributed by atoms with van der Waals surface area (Å²) in [6, 6.07) is 3.66. The molecule has 6 heteroatoms. The normalized spacial score (nSPS) is 12.4. The molecule has 0 fully saturated rings. The van der Waals surface area contributed by atoms with Gasteiger partial charge in [0, 0.05) is 12.4 Å². The topological polar surface area (TPSA) is 70.7 Å². The molecular weight excluding hydrogens is 320 g/mol. The number of rotatable bonds is 4. The summed E-state index contributed by atoms with van der Waals surface area (Å²) in [7, 11) is 0. The summed E-state index contributed by atoms with van der Waals surface area (Å²) in [6.07, 6.45) is 3.42. The minimum atomic E-state index is -0.204. The Kier molecular flexibility index (Phi) is 4.54. The number of nitrogens with one attached hydrogen (secondary N) is 2. The summed E-state index contributed by atoms with van der Waals surface area (Å²) < 4.78 is 0.729. The molecule has 2 heterocycles. The molecule has 0 bridgehead atoms. The maximum atomic E-state index is 12.2. The van der Waals surface area contributed by atoms with E-state index in [4.69, 9.17) is 0 Å². The maximum absolute atomic E-state index is 12.2. The highest BCUT2D eigenvalue weighted by Crippen LogP contribution is 2.25. The van der Waals surface area contributed by atoms with Crippen LogP contribution in [0.15, 0.2) is 29.0 Å². The lowest BCUT2D eigenvalue weighted by atomic mass is 10.1. The quantitative estimate of drug-likeness (QED) is 0.900. The van der Waals surface area contributed by atoms with E-state index in [2.05, 4.69) is 36.4 Å². The number of H-pyrrole nitrogens is 1. The molecule has 0 saturated carbocycles. The Morgan fingerprint density at radius 3 is 2.50 bits per heavy atom. The molecule has 5 nitrogen and oxygen atoms in total. The van der Waals surface area contributed by atoms with Crippen molar-refractivity contribution in [3.8, 4) is 0 Å². The number of carbonyl (C=O) groups excluding carboxylic acids is 1. The van der Waals surface area contributed by atoms with Crippen molar-refractivity contribution in [2.24, 2.45) is 0 Å². The van der Waals surface area contributed by atoms with Crippen LogP contribution in [0.4, 0.5) is 0 Å². The van der Waals surface area contributed by atoms with Crippen molar-refractivity contribution in [2.75, 3.05) is 0 Å². The number of hydrogen-bond acceptors (Lipinski definition) is 3. The van der Waals surface area contributed by atoms with E-state index in [-0.39, 0.29) is 17.9 Å². The molecule has 2 aromatic heterocycles. The first-order valence-electron chi connectivity index (χ1n) is 6.45. The van der Waals surface area contributed by atoms with Gasteiger partial charge in [0.15, 0.2) is 5.69 Å². The van der Waals surface area contributed by atoms with Crippen molar-refractivity contribution in [3.63, 3.8) is 0 Å². The molecule has 0 radical (unpaired) electrons. The number of aromatic amines is 1.